The first-order valence-electron chi connectivity index (χ1n) is 11.7. The number of benzene rings is 2. The predicted molar refractivity (Wildman–Crippen MR) is 142 cm³/mol. The SMILES string of the molecule is Cc1c(C(=O)OCCOc2ccccc2)sc2ncn(CC(=O)Nc3ccc(OC(C)C)cc3)c(=O)c12. The molecule has 0 radical (unpaired) electrons. The van der Waals surface area contributed by atoms with Crippen LogP contribution < -0.4 is 20.3 Å². The van der Waals surface area contributed by atoms with E-state index in [2.05, 4.69) is 10.3 Å². The van der Waals surface area contributed by atoms with Gasteiger partial charge in [-0.05, 0) is 62.7 Å². The number of hydrogen-bond acceptors (Lipinski definition) is 8. The summed E-state index contributed by atoms with van der Waals surface area (Å²) < 4.78 is 17.7. The van der Waals surface area contributed by atoms with Crippen molar-refractivity contribution in [1.82, 2.24) is 9.55 Å². The number of para-hydroxylation sites is 1. The predicted octanol–water partition coefficient (Wildman–Crippen LogP) is 4.43. The van der Waals surface area contributed by atoms with Crippen molar-refractivity contribution in [1.29, 1.82) is 0 Å². The molecule has 4 rings (SSSR count). The van der Waals surface area contributed by atoms with Gasteiger partial charge >= 0.3 is 5.97 Å². The van der Waals surface area contributed by atoms with E-state index in [4.69, 9.17) is 14.2 Å². The molecule has 0 aliphatic heterocycles. The van der Waals surface area contributed by atoms with Gasteiger partial charge in [0.25, 0.3) is 5.56 Å². The minimum Gasteiger partial charge on any atom is -0.491 e. The van der Waals surface area contributed by atoms with E-state index < -0.39 is 11.5 Å². The van der Waals surface area contributed by atoms with Crippen LogP contribution in [0.5, 0.6) is 11.5 Å². The summed E-state index contributed by atoms with van der Waals surface area (Å²) >= 11 is 1.08. The number of aromatic nitrogens is 2. The molecule has 37 heavy (non-hydrogen) atoms. The number of rotatable bonds is 10. The molecular formula is C27H27N3O6S. The van der Waals surface area contributed by atoms with E-state index in [1.54, 1.807) is 31.2 Å². The Morgan fingerprint density at radius 1 is 1.03 bits per heavy atom. The molecular weight excluding hydrogens is 494 g/mol. The van der Waals surface area contributed by atoms with E-state index in [-0.39, 0.29) is 31.8 Å². The maximum atomic E-state index is 13.1. The molecule has 9 nitrogen and oxygen atoms in total. The maximum absolute atomic E-state index is 13.1. The van der Waals surface area contributed by atoms with Gasteiger partial charge in [-0.1, -0.05) is 18.2 Å². The summed E-state index contributed by atoms with van der Waals surface area (Å²) in [7, 11) is 0. The molecule has 0 fully saturated rings. The van der Waals surface area contributed by atoms with Crippen molar-refractivity contribution in [2.24, 2.45) is 0 Å². The molecule has 2 aromatic carbocycles. The van der Waals surface area contributed by atoms with E-state index in [0.29, 0.717) is 37.8 Å². The van der Waals surface area contributed by atoms with Crippen LogP contribution >= 0.6 is 11.3 Å². The van der Waals surface area contributed by atoms with Gasteiger partial charge in [-0.25, -0.2) is 9.78 Å². The number of aryl methyl sites for hydroxylation is 1. The van der Waals surface area contributed by atoms with Crippen molar-refractivity contribution < 1.29 is 23.8 Å². The fraction of sp³-hybridized carbons (Fsp3) is 0.259. The van der Waals surface area contributed by atoms with Crippen molar-refractivity contribution in [3.05, 3.63) is 81.7 Å². The number of esters is 1. The van der Waals surface area contributed by atoms with Gasteiger partial charge in [0.15, 0.2) is 0 Å². The number of carbonyl (C=O) groups excluding carboxylic acids is 2. The minimum absolute atomic E-state index is 0.0475. The number of nitrogens with one attached hydrogen (secondary N) is 1. The molecule has 2 heterocycles. The van der Waals surface area contributed by atoms with Gasteiger partial charge in [0.05, 0.1) is 17.8 Å². The molecule has 1 N–H and O–H groups in total. The Morgan fingerprint density at radius 3 is 2.46 bits per heavy atom. The Balaban J connectivity index is 1.39. The first-order valence-corrected chi connectivity index (χ1v) is 12.5. The first-order chi connectivity index (χ1) is 17.8. The van der Waals surface area contributed by atoms with Crippen LogP contribution in [0.4, 0.5) is 5.69 Å². The maximum Gasteiger partial charge on any atom is 0.348 e. The van der Waals surface area contributed by atoms with Gasteiger partial charge < -0.3 is 19.5 Å². The molecule has 0 spiro atoms. The van der Waals surface area contributed by atoms with Gasteiger partial charge in [0, 0.05) is 5.69 Å². The van der Waals surface area contributed by atoms with Crippen LogP contribution in [0.2, 0.25) is 0 Å². The summed E-state index contributed by atoms with van der Waals surface area (Å²) in [5, 5.41) is 3.05. The van der Waals surface area contributed by atoms with Crippen LogP contribution in [-0.4, -0.2) is 40.7 Å². The number of nitrogens with zero attached hydrogens (tertiary/aromatic N) is 2. The highest BCUT2D eigenvalue weighted by atomic mass is 32.1. The van der Waals surface area contributed by atoms with Crippen molar-refractivity contribution in [3.63, 3.8) is 0 Å². The lowest BCUT2D eigenvalue weighted by molar-refractivity contribution is -0.116. The van der Waals surface area contributed by atoms with E-state index in [9.17, 15) is 14.4 Å². The van der Waals surface area contributed by atoms with Gasteiger partial charge in [-0.3, -0.25) is 14.2 Å². The Morgan fingerprint density at radius 2 is 1.76 bits per heavy atom. The van der Waals surface area contributed by atoms with Crippen molar-refractivity contribution in [2.45, 2.75) is 33.4 Å². The van der Waals surface area contributed by atoms with E-state index in [1.165, 1.54) is 10.9 Å². The second-order valence-electron chi connectivity index (χ2n) is 8.45. The zero-order valence-electron chi connectivity index (χ0n) is 20.7. The van der Waals surface area contributed by atoms with Gasteiger partial charge in [0.2, 0.25) is 5.91 Å². The molecule has 0 saturated carbocycles. The van der Waals surface area contributed by atoms with E-state index >= 15 is 0 Å². The largest absolute Gasteiger partial charge is 0.491 e. The van der Waals surface area contributed by atoms with E-state index in [0.717, 1.165) is 11.3 Å². The smallest absolute Gasteiger partial charge is 0.348 e. The first kappa shape index (κ1) is 25.9. The quantitative estimate of drug-likeness (QED) is 0.243. The van der Waals surface area contributed by atoms with E-state index in [1.807, 2.05) is 44.2 Å². The fourth-order valence-corrected chi connectivity index (χ4v) is 4.62. The molecule has 0 unspecified atom stereocenters. The molecule has 0 saturated heterocycles. The van der Waals surface area contributed by atoms with Gasteiger partial charge in [-0.2, -0.15) is 0 Å². The highest BCUT2D eigenvalue weighted by molar-refractivity contribution is 7.20. The second-order valence-corrected chi connectivity index (χ2v) is 9.45. The van der Waals surface area contributed by atoms with Gasteiger partial charge in [0.1, 0.15) is 41.0 Å². The monoisotopic (exact) mass is 521 g/mol. The molecule has 4 aromatic rings. The normalized spacial score (nSPS) is 10.9. The van der Waals surface area contributed by atoms with Crippen molar-refractivity contribution in [2.75, 3.05) is 18.5 Å². The lowest BCUT2D eigenvalue weighted by Crippen LogP contribution is -2.27. The second kappa shape index (κ2) is 11.7. The zero-order chi connectivity index (χ0) is 26.4. The fourth-order valence-electron chi connectivity index (χ4n) is 3.59. The number of hydrogen-bond donors (Lipinski definition) is 1. The third-order valence-corrected chi connectivity index (χ3v) is 6.43. The summed E-state index contributed by atoms with van der Waals surface area (Å²) in [4.78, 5) is 43.3. The molecule has 1 amide bonds. The Hall–Kier alpha value is -4.18. The Labute approximate surface area is 217 Å². The summed E-state index contributed by atoms with van der Waals surface area (Å²) in [5.74, 6) is 0.449. The summed E-state index contributed by atoms with van der Waals surface area (Å²) in [6.45, 7) is 5.57. The molecule has 0 atom stereocenters. The molecule has 10 heteroatoms. The molecule has 2 aromatic heterocycles. The van der Waals surface area contributed by atoms with Crippen LogP contribution in [0.1, 0.15) is 29.1 Å². The molecule has 0 aliphatic rings. The lowest BCUT2D eigenvalue weighted by Gasteiger charge is -2.11. The highest BCUT2D eigenvalue weighted by Crippen LogP contribution is 2.27. The number of anilines is 1. The average molecular weight is 522 g/mol. The standard InChI is InChI=1S/C27H27N3O6S/c1-17(2)36-21-11-9-19(10-12-21)29-22(31)15-30-16-28-25-23(26(30)32)18(3)24(37-25)27(33)35-14-13-34-20-7-5-4-6-8-20/h4-12,16-17H,13-15H2,1-3H3,(H,29,31). The number of thiophene rings is 1. The number of ether oxygens (including phenoxy) is 3. The average Bonchev–Trinajstić information content (AvgIpc) is 3.22. The minimum atomic E-state index is -0.550. The summed E-state index contributed by atoms with van der Waals surface area (Å²) in [6, 6.07) is 16.2. The van der Waals surface area contributed by atoms with Crippen molar-refractivity contribution in [3.8, 4) is 11.5 Å². The highest BCUT2D eigenvalue weighted by Gasteiger charge is 2.21. The van der Waals surface area contributed by atoms with Crippen molar-refractivity contribution >= 4 is 39.1 Å². The number of carbonyl (C=O) groups is 2. The third-order valence-electron chi connectivity index (χ3n) is 5.25. The van der Waals surface area contributed by atoms with Crippen LogP contribution in [0.3, 0.4) is 0 Å². The summed E-state index contributed by atoms with van der Waals surface area (Å²) in [5.41, 5.74) is 0.652. The summed E-state index contributed by atoms with van der Waals surface area (Å²) in [6.07, 6.45) is 1.36. The number of fused-ring (bicyclic) bond motifs is 1. The number of amides is 1. The Kier molecular flexibility index (Phi) is 8.19. The van der Waals surface area contributed by atoms with Crippen LogP contribution in [0.25, 0.3) is 10.2 Å². The lowest BCUT2D eigenvalue weighted by atomic mass is 10.2. The Bertz CT molecular complexity index is 1450. The third kappa shape index (κ3) is 6.53. The molecule has 192 valence electrons. The van der Waals surface area contributed by atoms with Gasteiger partial charge in [-0.15, -0.1) is 11.3 Å². The van der Waals surface area contributed by atoms with Crippen LogP contribution in [0, 0.1) is 6.92 Å². The topological polar surface area (TPSA) is 109 Å². The van der Waals surface area contributed by atoms with Crippen LogP contribution in [0.15, 0.2) is 65.7 Å². The zero-order valence-corrected chi connectivity index (χ0v) is 21.5. The molecule has 0 bridgehead atoms. The molecule has 0 aliphatic carbocycles. The van der Waals surface area contributed by atoms with Crippen LogP contribution in [-0.2, 0) is 16.1 Å².